The molecule has 21 heavy (non-hydrogen) atoms. The van der Waals surface area contributed by atoms with Gasteiger partial charge in [0, 0.05) is 11.1 Å². The molecule has 3 nitrogen and oxygen atoms in total. The van der Waals surface area contributed by atoms with Crippen LogP contribution in [0.2, 0.25) is 0 Å². The van der Waals surface area contributed by atoms with Gasteiger partial charge in [0.25, 0.3) is 0 Å². The van der Waals surface area contributed by atoms with Crippen molar-refractivity contribution in [2.75, 3.05) is 13.7 Å². The Morgan fingerprint density at radius 2 is 1.76 bits per heavy atom. The number of carbonyl (C=O) groups is 1. The molecule has 0 bridgehead atoms. The number of unbranched alkanes of at least 4 members (excludes halogenated alkanes) is 1. The van der Waals surface area contributed by atoms with Gasteiger partial charge in [-0.15, -0.1) is 0 Å². The van der Waals surface area contributed by atoms with E-state index in [4.69, 9.17) is 9.47 Å². The summed E-state index contributed by atoms with van der Waals surface area (Å²) in [5.41, 5.74) is 1.26. The van der Waals surface area contributed by atoms with Gasteiger partial charge >= 0.3 is 0 Å². The van der Waals surface area contributed by atoms with E-state index in [9.17, 15) is 4.79 Å². The highest BCUT2D eigenvalue weighted by Gasteiger charge is 2.12. The molecule has 0 amide bonds. The highest BCUT2D eigenvalue weighted by Crippen LogP contribution is 2.29. The third-order valence-corrected chi connectivity index (χ3v) is 3.22. The van der Waals surface area contributed by atoms with Crippen molar-refractivity contribution >= 4 is 5.78 Å². The van der Waals surface area contributed by atoms with Crippen LogP contribution in [0.3, 0.4) is 0 Å². The number of carbonyl (C=O) groups excluding carboxylic acids is 1. The van der Waals surface area contributed by atoms with Crippen LogP contribution in [0, 0.1) is 0 Å². The maximum Gasteiger partial charge on any atom is 0.193 e. The molecule has 0 aliphatic carbocycles. The van der Waals surface area contributed by atoms with Crippen LogP contribution in [0.5, 0.6) is 11.5 Å². The summed E-state index contributed by atoms with van der Waals surface area (Å²) in [6, 6.07) is 14.5. The molecule has 0 saturated heterocycles. The van der Waals surface area contributed by atoms with E-state index in [1.807, 2.05) is 18.2 Å². The number of rotatable bonds is 7. The van der Waals surface area contributed by atoms with Crippen LogP contribution in [0.15, 0.2) is 48.5 Å². The first-order valence-electron chi connectivity index (χ1n) is 7.17. The minimum absolute atomic E-state index is 0.0194. The fourth-order valence-corrected chi connectivity index (χ4v) is 2.01. The summed E-state index contributed by atoms with van der Waals surface area (Å²) in [6.45, 7) is 2.76. The lowest BCUT2D eigenvalue weighted by atomic mass is 10.0. The first-order valence-corrected chi connectivity index (χ1v) is 7.17. The molecule has 0 aromatic heterocycles. The summed E-state index contributed by atoms with van der Waals surface area (Å²) in [6.07, 6.45) is 2.07. The average molecular weight is 284 g/mol. The van der Waals surface area contributed by atoms with Crippen LogP contribution in [-0.4, -0.2) is 19.5 Å². The zero-order chi connectivity index (χ0) is 15.1. The number of ketones is 1. The number of ether oxygens (including phenoxy) is 2. The van der Waals surface area contributed by atoms with Crippen LogP contribution in [0.4, 0.5) is 0 Å². The molecule has 2 aromatic carbocycles. The Kier molecular flexibility index (Phi) is 5.38. The topological polar surface area (TPSA) is 35.5 Å². The molecule has 2 rings (SSSR count). The molecule has 110 valence electrons. The Hall–Kier alpha value is -2.29. The van der Waals surface area contributed by atoms with Crippen molar-refractivity contribution in [3.05, 3.63) is 59.7 Å². The highest BCUT2D eigenvalue weighted by atomic mass is 16.5. The van der Waals surface area contributed by atoms with Gasteiger partial charge in [0.2, 0.25) is 0 Å². The van der Waals surface area contributed by atoms with Gasteiger partial charge in [-0.1, -0.05) is 43.7 Å². The van der Waals surface area contributed by atoms with Gasteiger partial charge in [0.05, 0.1) is 13.7 Å². The molecular formula is C18H20O3. The molecule has 0 fully saturated rings. The standard InChI is InChI=1S/C18H20O3/c1-3-4-12-21-16-11-10-15(13-17(16)20-2)18(19)14-8-6-5-7-9-14/h5-11,13H,3-4,12H2,1-2H3. The van der Waals surface area contributed by atoms with Crippen molar-refractivity contribution in [3.63, 3.8) is 0 Å². The van der Waals surface area contributed by atoms with Crippen molar-refractivity contribution < 1.29 is 14.3 Å². The Labute approximate surface area is 125 Å². The average Bonchev–Trinajstić information content (AvgIpc) is 2.55. The fourth-order valence-electron chi connectivity index (χ4n) is 2.01. The zero-order valence-corrected chi connectivity index (χ0v) is 12.5. The second-order valence-corrected chi connectivity index (χ2v) is 4.76. The molecule has 0 heterocycles. The number of methoxy groups -OCH3 is 1. The van der Waals surface area contributed by atoms with E-state index in [1.165, 1.54) is 0 Å². The van der Waals surface area contributed by atoms with Crippen molar-refractivity contribution in [1.82, 2.24) is 0 Å². The van der Waals surface area contributed by atoms with Crippen LogP contribution in [0.1, 0.15) is 35.7 Å². The molecular weight excluding hydrogens is 264 g/mol. The quantitative estimate of drug-likeness (QED) is 0.567. The van der Waals surface area contributed by atoms with Gasteiger partial charge in [-0.2, -0.15) is 0 Å². The lowest BCUT2D eigenvalue weighted by Crippen LogP contribution is -2.03. The van der Waals surface area contributed by atoms with Crippen molar-refractivity contribution in [3.8, 4) is 11.5 Å². The van der Waals surface area contributed by atoms with Gasteiger partial charge < -0.3 is 9.47 Å². The summed E-state index contributed by atoms with van der Waals surface area (Å²) >= 11 is 0. The normalized spacial score (nSPS) is 10.2. The first-order chi connectivity index (χ1) is 10.3. The SMILES string of the molecule is CCCCOc1ccc(C(=O)c2ccccc2)cc1OC. The molecule has 0 spiro atoms. The minimum Gasteiger partial charge on any atom is -0.493 e. The van der Waals surface area contributed by atoms with Crippen LogP contribution < -0.4 is 9.47 Å². The maximum absolute atomic E-state index is 12.4. The van der Waals surface area contributed by atoms with Crippen LogP contribution >= 0.6 is 0 Å². The Bertz CT molecular complexity index is 591. The van der Waals surface area contributed by atoms with E-state index in [0.717, 1.165) is 12.8 Å². The second-order valence-electron chi connectivity index (χ2n) is 4.76. The molecule has 3 heteroatoms. The smallest absolute Gasteiger partial charge is 0.193 e. The summed E-state index contributed by atoms with van der Waals surface area (Å²) in [5, 5.41) is 0. The van der Waals surface area contributed by atoms with E-state index in [0.29, 0.717) is 29.2 Å². The summed E-state index contributed by atoms with van der Waals surface area (Å²) in [7, 11) is 1.58. The molecule has 0 radical (unpaired) electrons. The number of hydrogen-bond acceptors (Lipinski definition) is 3. The van der Waals surface area contributed by atoms with Crippen LogP contribution in [0.25, 0.3) is 0 Å². The number of benzene rings is 2. The molecule has 0 unspecified atom stereocenters. The third kappa shape index (κ3) is 3.85. The molecule has 0 saturated carbocycles. The van der Waals surface area contributed by atoms with E-state index in [1.54, 1.807) is 37.4 Å². The fraction of sp³-hybridized carbons (Fsp3) is 0.278. The lowest BCUT2D eigenvalue weighted by molar-refractivity contribution is 0.103. The van der Waals surface area contributed by atoms with Crippen molar-refractivity contribution in [1.29, 1.82) is 0 Å². The predicted molar refractivity (Wildman–Crippen MR) is 83.3 cm³/mol. The van der Waals surface area contributed by atoms with E-state index < -0.39 is 0 Å². The van der Waals surface area contributed by atoms with Crippen molar-refractivity contribution in [2.45, 2.75) is 19.8 Å². The Balaban J connectivity index is 2.20. The van der Waals surface area contributed by atoms with Gasteiger partial charge in [0.15, 0.2) is 17.3 Å². The highest BCUT2D eigenvalue weighted by molar-refractivity contribution is 6.09. The number of hydrogen-bond donors (Lipinski definition) is 0. The van der Waals surface area contributed by atoms with Gasteiger partial charge in [-0.05, 0) is 24.6 Å². The maximum atomic E-state index is 12.4. The first kappa shape index (κ1) is 15.1. The minimum atomic E-state index is -0.0194. The summed E-state index contributed by atoms with van der Waals surface area (Å²) in [5.74, 6) is 1.25. The van der Waals surface area contributed by atoms with E-state index >= 15 is 0 Å². The summed E-state index contributed by atoms with van der Waals surface area (Å²) < 4.78 is 11.0. The second kappa shape index (κ2) is 7.48. The van der Waals surface area contributed by atoms with E-state index in [-0.39, 0.29) is 5.78 Å². The Morgan fingerprint density at radius 3 is 2.43 bits per heavy atom. The van der Waals surface area contributed by atoms with Crippen LogP contribution in [-0.2, 0) is 0 Å². The summed E-state index contributed by atoms with van der Waals surface area (Å²) in [4.78, 5) is 12.4. The largest absolute Gasteiger partial charge is 0.493 e. The van der Waals surface area contributed by atoms with Gasteiger partial charge in [-0.25, -0.2) is 0 Å². The molecule has 0 N–H and O–H groups in total. The third-order valence-electron chi connectivity index (χ3n) is 3.22. The van der Waals surface area contributed by atoms with E-state index in [2.05, 4.69) is 6.92 Å². The lowest BCUT2D eigenvalue weighted by Gasteiger charge is -2.11. The molecule has 0 atom stereocenters. The van der Waals surface area contributed by atoms with Gasteiger partial charge in [-0.3, -0.25) is 4.79 Å². The molecule has 0 aliphatic rings. The Morgan fingerprint density at radius 1 is 1.00 bits per heavy atom. The van der Waals surface area contributed by atoms with Gasteiger partial charge in [0.1, 0.15) is 0 Å². The monoisotopic (exact) mass is 284 g/mol. The predicted octanol–water partition coefficient (Wildman–Crippen LogP) is 4.11. The molecule has 2 aromatic rings. The zero-order valence-electron chi connectivity index (χ0n) is 12.5. The molecule has 0 aliphatic heterocycles. The van der Waals surface area contributed by atoms with Crippen molar-refractivity contribution in [2.24, 2.45) is 0 Å².